The molecule has 0 bridgehead atoms. The third-order valence-corrected chi connectivity index (χ3v) is 4.81. The molecule has 0 saturated heterocycles. The van der Waals surface area contributed by atoms with E-state index in [0.29, 0.717) is 6.54 Å². The summed E-state index contributed by atoms with van der Waals surface area (Å²) in [5.74, 6) is 0.732. The van der Waals surface area contributed by atoms with Crippen molar-refractivity contribution in [2.24, 2.45) is 5.92 Å². The molecule has 1 unspecified atom stereocenters. The second kappa shape index (κ2) is 5.86. The summed E-state index contributed by atoms with van der Waals surface area (Å²) in [4.78, 5) is 0. The Kier molecular flexibility index (Phi) is 4.06. The van der Waals surface area contributed by atoms with E-state index in [-0.39, 0.29) is 0 Å². The fourth-order valence-electron chi connectivity index (χ4n) is 3.09. The lowest BCUT2D eigenvalue weighted by Crippen LogP contribution is -2.21. The molecule has 0 heterocycles. The molecule has 116 valence electrons. The summed E-state index contributed by atoms with van der Waals surface area (Å²) in [6, 6.07) is 14.7. The molecule has 1 N–H and O–H groups in total. The van der Waals surface area contributed by atoms with Crippen LogP contribution in [0.3, 0.4) is 0 Å². The highest BCUT2D eigenvalue weighted by atomic mass is 32.2. The van der Waals surface area contributed by atoms with Gasteiger partial charge in [-0.25, -0.2) is 13.1 Å². The molecule has 0 fully saturated rings. The zero-order chi connectivity index (χ0) is 15.7. The predicted molar refractivity (Wildman–Crippen MR) is 90.1 cm³/mol. The molecule has 0 spiro atoms. The number of hydrogen-bond donors (Lipinski definition) is 1. The second-order valence-corrected chi connectivity index (χ2v) is 8.12. The van der Waals surface area contributed by atoms with E-state index in [0.717, 1.165) is 23.5 Å². The van der Waals surface area contributed by atoms with Gasteiger partial charge in [-0.2, -0.15) is 0 Å². The minimum atomic E-state index is -3.16. The molecule has 4 heteroatoms. The van der Waals surface area contributed by atoms with Gasteiger partial charge in [0.05, 0.1) is 6.26 Å². The highest BCUT2D eigenvalue weighted by Crippen LogP contribution is 2.31. The highest BCUT2D eigenvalue weighted by molar-refractivity contribution is 7.88. The monoisotopic (exact) mass is 315 g/mol. The van der Waals surface area contributed by atoms with E-state index in [1.807, 2.05) is 12.1 Å². The summed E-state index contributed by atoms with van der Waals surface area (Å²) in [6.45, 7) is 2.62. The molecule has 1 aliphatic carbocycles. The van der Waals surface area contributed by atoms with Gasteiger partial charge in [0.2, 0.25) is 10.0 Å². The average Bonchev–Trinajstić information content (AvgIpc) is 2.84. The van der Waals surface area contributed by atoms with Crippen molar-refractivity contribution in [1.82, 2.24) is 4.72 Å². The minimum Gasteiger partial charge on any atom is -0.213 e. The van der Waals surface area contributed by atoms with E-state index in [9.17, 15) is 8.42 Å². The van der Waals surface area contributed by atoms with Crippen LogP contribution in [-0.2, 0) is 29.4 Å². The molecule has 1 atom stereocenters. The molecule has 3 rings (SSSR count). The van der Waals surface area contributed by atoms with Crippen molar-refractivity contribution < 1.29 is 8.42 Å². The molecule has 3 nitrogen and oxygen atoms in total. The minimum absolute atomic E-state index is 0.328. The van der Waals surface area contributed by atoms with E-state index in [1.54, 1.807) is 0 Å². The molecule has 0 saturated carbocycles. The highest BCUT2D eigenvalue weighted by Gasteiger charge is 2.17. The number of hydrogen-bond acceptors (Lipinski definition) is 2. The molecular weight excluding hydrogens is 294 g/mol. The SMILES string of the molecule is CC1Cc2ccc(-c3cccc(CNS(C)(=O)=O)c3)cc2C1. The van der Waals surface area contributed by atoms with Gasteiger partial charge < -0.3 is 0 Å². The number of rotatable bonds is 4. The Balaban J connectivity index is 1.85. The van der Waals surface area contributed by atoms with Gasteiger partial charge in [-0.3, -0.25) is 0 Å². The Bertz CT molecular complexity index is 796. The quantitative estimate of drug-likeness (QED) is 0.942. The van der Waals surface area contributed by atoms with Crippen LogP contribution in [0, 0.1) is 5.92 Å². The topological polar surface area (TPSA) is 46.2 Å². The van der Waals surface area contributed by atoms with Gasteiger partial charge in [0.25, 0.3) is 0 Å². The number of nitrogens with one attached hydrogen (secondary N) is 1. The smallest absolute Gasteiger partial charge is 0.209 e. The summed E-state index contributed by atoms with van der Waals surface area (Å²) < 4.78 is 25.0. The third kappa shape index (κ3) is 3.57. The van der Waals surface area contributed by atoms with Crippen molar-refractivity contribution in [2.75, 3.05) is 6.26 Å². The Hall–Kier alpha value is -1.65. The maximum Gasteiger partial charge on any atom is 0.209 e. The maximum absolute atomic E-state index is 11.2. The van der Waals surface area contributed by atoms with Crippen molar-refractivity contribution in [3.8, 4) is 11.1 Å². The van der Waals surface area contributed by atoms with E-state index in [4.69, 9.17) is 0 Å². The Morgan fingerprint density at radius 1 is 1.05 bits per heavy atom. The summed E-state index contributed by atoms with van der Waals surface area (Å²) in [5, 5.41) is 0. The van der Waals surface area contributed by atoms with Crippen molar-refractivity contribution in [1.29, 1.82) is 0 Å². The predicted octanol–water partition coefficient (Wildman–Crippen LogP) is 3.14. The fourth-order valence-corrected chi connectivity index (χ4v) is 3.52. The van der Waals surface area contributed by atoms with E-state index >= 15 is 0 Å². The van der Waals surface area contributed by atoms with Crippen LogP contribution in [0.25, 0.3) is 11.1 Å². The lowest BCUT2D eigenvalue weighted by molar-refractivity contribution is 0.587. The number of sulfonamides is 1. The first-order valence-corrected chi connectivity index (χ1v) is 9.45. The van der Waals surface area contributed by atoms with Crippen LogP contribution in [0.4, 0.5) is 0 Å². The van der Waals surface area contributed by atoms with Crippen LogP contribution in [0.1, 0.15) is 23.6 Å². The maximum atomic E-state index is 11.2. The Morgan fingerprint density at radius 3 is 2.55 bits per heavy atom. The van der Waals surface area contributed by atoms with Gasteiger partial charge in [-0.15, -0.1) is 0 Å². The molecule has 0 amide bonds. The van der Waals surface area contributed by atoms with Gasteiger partial charge in [-0.1, -0.05) is 43.3 Å². The van der Waals surface area contributed by atoms with E-state index < -0.39 is 10.0 Å². The van der Waals surface area contributed by atoms with Gasteiger partial charge >= 0.3 is 0 Å². The first-order chi connectivity index (χ1) is 10.4. The first-order valence-electron chi connectivity index (χ1n) is 7.56. The number of benzene rings is 2. The average molecular weight is 315 g/mol. The lowest BCUT2D eigenvalue weighted by atomic mass is 9.99. The van der Waals surface area contributed by atoms with Crippen molar-refractivity contribution in [3.05, 3.63) is 59.2 Å². The van der Waals surface area contributed by atoms with Gasteiger partial charge in [0.15, 0.2) is 0 Å². The second-order valence-electron chi connectivity index (χ2n) is 6.29. The van der Waals surface area contributed by atoms with Crippen LogP contribution in [0.15, 0.2) is 42.5 Å². The standard InChI is InChI=1S/C18H21NO2S/c1-13-8-16-6-7-17(11-18(16)9-13)15-5-3-4-14(10-15)12-19-22(2,20)21/h3-7,10-11,13,19H,8-9,12H2,1-2H3. The van der Waals surface area contributed by atoms with Crippen LogP contribution in [0.2, 0.25) is 0 Å². The summed E-state index contributed by atoms with van der Waals surface area (Å²) in [5.41, 5.74) is 6.22. The molecule has 2 aromatic carbocycles. The molecule has 0 aliphatic heterocycles. The van der Waals surface area contributed by atoms with Gasteiger partial charge in [0, 0.05) is 6.54 Å². The van der Waals surface area contributed by atoms with Crippen molar-refractivity contribution in [3.63, 3.8) is 0 Å². The van der Waals surface area contributed by atoms with Gasteiger partial charge in [-0.05, 0) is 52.6 Å². The Morgan fingerprint density at radius 2 is 1.77 bits per heavy atom. The van der Waals surface area contributed by atoms with Crippen LogP contribution in [-0.4, -0.2) is 14.7 Å². The largest absolute Gasteiger partial charge is 0.213 e. The summed E-state index contributed by atoms with van der Waals surface area (Å²) >= 11 is 0. The van der Waals surface area contributed by atoms with E-state index in [1.165, 1.54) is 29.4 Å². The molecule has 2 aromatic rings. The third-order valence-electron chi connectivity index (χ3n) is 4.14. The van der Waals surface area contributed by atoms with Gasteiger partial charge in [0.1, 0.15) is 0 Å². The molecule has 22 heavy (non-hydrogen) atoms. The van der Waals surface area contributed by atoms with Crippen LogP contribution in [0.5, 0.6) is 0 Å². The molecule has 0 aromatic heterocycles. The normalized spacial score (nSPS) is 17.5. The molecular formula is C18H21NO2S. The Labute approximate surface area is 132 Å². The van der Waals surface area contributed by atoms with Crippen LogP contribution < -0.4 is 4.72 Å². The number of fused-ring (bicyclic) bond motifs is 1. The van der Waals surface area contributed by atoms with Crippen molar-refractivity contribution >= 4 is 10.0 Å². The fraction of sp³-hybridized carbons (Fsp3) is 0.333. The first kappa shape index (κ1) is 15.3. The zero-order valence-electron chi connectivity index (χ0n) is 13.0. The summed E-state index contributed by atoms with van der Waals surface area (Å²) in [7, 11) is -3.16. The van der Waals surface area contributed by atoms with E-state index in [2.05, 4.69) is 42.0 Å². The molecule has 0 radical (unpaired) electrons. The lowest BCUT2D eigenvalue weighted by Gasteiger charge is -2.08. The van der Waals surface area contributed by atoms with Crippen LogP contribution >= 0.6 is 0 Å². The zero-order valence-corrected chi connectivity index (χ0v) is 13.8. The van der Waals surface area contributed by atoms with Crippen molar-refractivity contribution in [2.45, 2.75) is 26.3 Å². The molecule has 1 aliphatic rings. The summed E-state index contributed by atoms with van der Waals surface area (Å²) in [6.07, 6.45) is 3.50.